The molecule has 0 spiro atoms. The Morgan fingerprint density at radius 3 is 0.718 bits per heavy atom. The minimum Gasteiger partial charge on any atom is -0.462 e. The second-order valence-corrected chi connectivity index (χ2v) is 23.8. The summed E-state index contributed by atoms with van der Waals surface area (Å²) in [5.74, 6) is -0.838. The molecule has 0 rings (SSSR count). The van der Waals surface area contributed by atoms with Gasteiger partial charge in [-0.1, -0.05) is 346 Å². The average molecular weight is 1100 g/mol. The molecule has 458 valence electrons. The van der Waals surface area contributed by atoms with E-state index in [0.717, 1.165) is 70.6 Å². The molecule has 6 nitrogen and oxygen atoms in total. The van der Waals surface area contributed by atoms with Gasteiger partial charge in [0.05, 0.1) is 0 Å². The van der Waals surface area contributed by atoms with E-state index in [9.17, 15) is 14.4 Å². The minimum absolute atomic E-state index is 0.0655. The van der Waals surface area contributed by atoms with Crippen LogP contribution in [-0.4, -0.2) is 37.2 Å². The van der Waals surface area contributed by atoms with Gasteiger partial charge in [0.25, 0.3) is 0 Å². The normalized spacial score (nSPS) is 12.2. The number of allylic oxidation sites excluding steroid dienone is 6. The molecule has 6 heteroatoms. The van der Waals surface area contributed by atoms with E-state index in [1.54, 1.807) is 0 Å². The Kier molecular flexibility index (Phi) is 65.1. The largest absolute Gasteiger partial charge is 0.462 e. The fourth-order valence-electron chi connectivity index (χ4n) is 10.6. The smallest absolute Gasteiger partial charge is 0.306 e. The standard InChI is InChI=1S/C72H134O6/c1-4-7-10-13-16-19-22-24-26-28-30-32-33-34-35-36-37-38-39-40-42-43-45-47-50-53-56-59-62-65-71(74)77-68-69(67-76-70(73)64-61-58-55-52-49-21-18-15-12-9-6-3)78-72(75)66-63-60-57-54-51-48-46-44-41-31-29-27-25-23-20-17-14-11-8-5-2/h22,24,28,30,33-34,69H,4-21,23,25-27,29,31-32,35-68H2,1-3H3/b24-22-,30-28-,34-33-. The summed E-state index contributed by atoms with van der Waals surface area (Å²) in [5, 5.41) is 0. The van der Waals surface area contributed by atoms with Gasteiger partial charge < -0.3 is 14.2 Å². The molecule has 0 aliphatic heterocycles. The number of ether oxygens (including phenoxy) is 3. The number of hydrogen-bond acceptors (Lipinski definition) is 6. The summed E-state index contributed by atoms with van der Waals surface area (Å²) in [5.41, 5.74) is 0. The Bertz CT molecular complexity index is 1300. The molecule has 0 aromatic heterocycles. The van der Waals surface area contributed by atoms with Crippen molar-refractivity contribution in [1.29, 1.82) is 0 Å². The fourth-order valence-corrected chi connectivity index (χ4v) is 10.6. The quantitative estimate of drug-likeness (QED) is 0.0261. The lowest BCUT2D eigenvalue weighted by Gasteiger charge is -2.18. The third-order valence-corrected chi connectivity index (χ3v) is 15.9. The van der Waals surface area contributed by atoms with Gasteiger partial charge in [0, 0.05) is 19.3 Å². The van der Waals surface area contributed by atoms with E-state index in [2.05, 4.69) is 57.2 Å². The number of esters is 3. The summed E-state index contributed by atoms with van der Waals surface area (Å²) in [6.45, 7) is 6.69. The molecule has 0 heterocycles. The summed E-state index contributed by atoms with van der Waals surface area (Å²) in [4.78, 5) is 38.3. The molecule has 0 aromatic rings. The molecule has 0 aromatic carbocycles. The van der Waals surface area contributed by atoms with Gasteiger partial charge >= 0.3 is 17.9 Å². The van der Waals surface area contributed by atoms with Gasteiger partial charge in [0.1, 0.15) is 13.2 Å². The Balaban J connectivity index is 4.16. The third kappa shape index (κ3) is 64.5. The van der Waals surface area contributed by atoms with E-state index in [4.69, 9.17) is 14.2 Å². The lowest BCUT2D eigenvalue weighted by Crippen LogP contribution is -2.30. The molecule has 0 bridgehead atoms. The van der Waals surface area contributed by atoms with Crippen molar-refractivity contribution in [3.63, 3.8) is 0 Å². The van der Waals surface area contributed by atoms with Crippen molar-refractivity contribution >= 4 is 17.9 Å². The van der Waals surface area contributed by atoms with Crippen LogP contribution in [0.2, 0.25) is 0 Å². The Hall–Kier alpha value is -2.37. The van der Waals surface area contributed by atoms with Crippen LogP contribution in [0.1, 0.15) is 387 Å². The summed E-state index contributed by atoms with van der Waals surface area (Å²) < 4.78 is 17.0. The molecule has 1 atom stereocenters. The van der Waals surface area contributed by atoms with Gasteiger partial charge in [0.2, 0.25) is 0 Å². The zero-order chi connectivity index (χ0) is 56.4. The third-order valence-electron chi connectivity index (χ3n) is 15.9. The van der Waals surface area contributed by atoms with Gasteiger partial charge in [-0.25, -0.2) is 0 Å². The highest BCUT2D eigenvalue weighted by Crippen LogP contribution is 2.18. The number of hydrogen-bond donors (Lipinski definition) is 0. The topological polar surface area (TPSA) is 78.9 Å². The molecular weight excluding hydrogens is 961 g/mol. The van der Waals surface area contributed by atoms with Crippen molar-refractivity contribution in [2.75, 3.05) is 13.2 Å². The highest BCUT2D eigenvalue weighted by molar-refractivity contribution is 5.71. The summed E-state index contributed by atoms with van der Waals surface area (Å²) >= 11 is 0. The van der Waals surface area contributed by atoms with E-state index in [-0.39, 0.29) is 31.1 Å². The number of unbranched alkanes of at least 4 members (excludes halogenated alkanes) is 48. The van der Waals surface area contributed by atoms with E-state index < -0.39 is 6.10 Å². The average Bonchev–Trinajstić information content (AvgIpc) is 3.44. The minimum atomic E-state index is -0.768. The Morgan fingerprint density at radius 2 is 0.462 bits per heavy atom. The van der Waals surface area contributed by atoms with Gasteiger partial charge in [-0.3, -0.25) is 14.4 Å². The molecule has 0 saturated heterocycles. The van der Waals surface area contributed by atoms with Gasteiger partial charge in [0.15, 0.2) is 6.10 Å². The van der Waals surface area contributed by atoms with Crippen LogP contribution in [0, 0.1) is 0 Å². The van der Waals surface area contributed by atoms with Crippen molar-refractivity contribution in [2.24, 2.45) is 0 Å². The second-order valence-electron chi connectivity index (χ2n) is 23.8. The zero-order valence-electron chi connectivity index (χ0n) is 52.7. The first-order valence-corrected chi connectivity index (χ1v) is 35.0. The van der Waals surface area contributed by atoms with Crippen molar-refractivity contribution in [2.45, 2.75) is 393 Å². The first-order chi connectivity index (χ1) is 38.5. The van der Waals surface area contributed by atoms with Crippen LogP contribution >= 0.6 is 0 Å². The summed E-state index contributed by atoms with van der Waals surface area (Å²) in [7, 11) is 0. The molecule has 0 radical (unpaired) electrons. The van der Waals surface area contributed by atoms with Crippen LogP contribution in [0.3, 0.4) is 0 Å². The first kappa shape index (κ1) is 75.6. The monoisotopic (exact) mass is 1100 g/mol. The fraction of sp³-hybridized carbons (Fsp3) is 0.875. The first-order valence-electron chi connectivity index (χ1n) is 35.0. The maximum Gasteiger partial charge on any atom is 0.306 e. The molecule has 1 unspecified atom stereocenters. The molecule has 0 N–H and O–H groups in total. The summed E-state index contributed by atoms with van der Waals surface area (Å²) in [6, 6.07) is 0. The Morgan fingerprint density at radius 1 is 0.256 bits per heavy atom. The van der Waals surface area contributed by atoms with Crippen molar-refractivity contribution in [3.05, 3.63) is 36.5 Å². The van der Waals surface area contributed by atoms with Gasteiger partial charge in [-0.05, 0) is 57.8 Å². The molecule has 0 aliphatic rings. The molecule has 78 heavy (non-hydrogen) atoms. The number of carbonyl (C=O) groups is 3. The van der Waals surface area contributed by atoms with Crippen LogP contribution in [0.15, 0.2) is 36.5 Å². The van der Waals surface area contributed by atoms with Crippen LogP contribution in [-0.2, 0) is 28.6 Å². The maximum atomic E-state index is 12.9. The SMILES string of the molecule is CCCCCCC/C=C\C/C=C\C/C=C\CCCCCCCCCCCCCCCCC(=O)OCC(COC(=O)CCCCCCCCCCCCC)OC(=O)CCCCCCCCCCCCCCCCCCCCCC. The molecular formula is C72H134O6. The molecule has 0 amide bonds. The lowest BCUT2D eigenvalue weighted by molar-refractivity contribution is -0.167. The highest BCUT2D eigenvalue weighted by Gasteiger charge is 2.19. The lowest BCUT2D eigenvalue weighted by atomic mass is 10.0. The van der Waals surface area contributed by atoms with Gasteiger partial charge in [-0.2, -0.15) is 0 Å². The van der Waals surface area contributed by atoms with Crippen molar-refractivity contribution < 1.29 is 28.6 Å². The highest BCUT2D eigenvalue weighted by atomic mass is 16.6. The van der Waals surface area contributed by atoms with Gasteiger partial charge in [-0.15, -0.1) is 0 Å². The predicted molar refractivity (Wildman–Crippen MR) is 339 cm³/mol. The van der Waals surface area contributed by atoms with E-state index in [0.29, 0.717) is 19.3 Å². The second kappa shape index (κ2) is 67.1. The predicted octanol–water partition coefficient (Wildman–Crippen LogP) is 23.9. The zero-order valence-corrected chi connectivity index (χ0v) is 52.7. The number of carbonyl (C=O) groups excluding carboxylic acids is 3. The van der Waals surface area contributed by atoms with E-state index in [1.807, 2.05) is 0 Å². The summed E-state index contributed by atoms with van der Waals surface area (Å²) in [6.07, 6.45) is 83.2. The molecule has 0 saturated carbocycles. The Labute approximate surface area is 486 Å². The van der Waals surface area contributed by atoms with E-state index >= 15 is 0 Å². The molecule has 0 aliphatic carbocycles. The van der Waals surface area contributed by atoms with Crippen molar-refractivity contribution in [3.8, 4) is 0 Å². The van der Waals surface area contributed by atoms with Crippen LogP contribution in [0.25, 0.3) is 0 Å². The van der Waals surface area contributed by atoms with Crippen molar-refractivity contribution in [1.82, 2.24) is 0 Å². The number of rotatable bonds is 65. The van der Waals surface area contributed by atoms with Crippen LogP contribution in [0.5, 0.6) is 0 Å². The van der Waals surface area contributed by atoms with Crippen LogP contribution < -0.4 is 0 Å². The van der Waals surface area contributed by atoms with E-state index in [1.165, 1.54) is 276 Å². The maximum absolute atomic E-state index is 12.9. The molecule has 0 fully saturated rings. The van der Waals surface area contributed by atoms with Crippen LogP contribution in [0.4, 0.5) is 0 Å².